The molecule has 0 aromatic rings. The van der Waals surface area contributed by atoms with Crippen LogP contribution in [0.15, 0.2) is 0 Å². The van der Waals surface area contributed by atoms with Gasteiger partial charge in [0, 0.05) is 37.8 Å². The predicted octanol–water partition coefficient (Wildman–Crippen LogP) is 1.87. The molecule has 2 rings (SSSR count). The highest BCUT2D eigenvalue weighted by Gasteiger charge is 2.31. The molecular formula is C14H28N2O. The Labute approximate surface area is 106 Å². The topological polar surface area (TPSA) is 24.5 Å². The van der Waals surface area contributed by atoms with E-state index in [1.54, 1.807) is 0 Å². The molecular weight excluding hydrogens is 212 g/mol. The lowest BCUT2D eigenvalue weighted by atomic mass is 9.97. The lowest BCUT2D eigenvalue weighted by Crippen LogP contribution is -2.60. The van der Waals surface area contributed by atoms with Crippen LogP contribution in [0, 0.1) is 5.92 Å². The molecule has 100 valence electrons. The number of hydrogen-bond donors (Lipinski definition) is 1. The van der Waals surface area contributed by atoms with Crippen molar-refractivity contribution in [3.05, 3.63) is 0 Å². The van der Waals surface area contributed by atoms with Crippen LogP contribution in [0.3, 0.4) is 0 Å². The standard InChI is InChI=1S/C14H28N2O/c1-11(2)7-13-9-16(12(3)8-15-13)14-5-4-6-17-10-14/h11-15H,4-10H2,1-3H3. The van der Waals surface area contributed by atoms with Crippen molar-refractivity contribution in [1.29, 1.82) is 0 Å². The zero-order valence-corrected chi connectivity index (χ0v) is 11.6. The van der Waals surface area contributed by atoms with Crippen molar-refractivity contribution in [2.75, 3.05) is 26.3 Å². The molecule has 2 heterocycles. The van der Waals surface area contributed by atoms with Crippen LogP contribution >= 0.6 is 0 Å². The number of hydrogen-bond acceptors (Lipinski definition) is 3. The van der Waals surface area contributed by atoms with Gasteiger partial charge in [0.2, 0.25) is 0 Å². The van der Waals surface area contributed by atoms with E-state index in [2.05, 4.69) is 31.0 Å². The van der Waals surface area contributed by atoms with E-state index in [4.69, 9.17) is 4.74 Å². The van der Waals surface area contributed by atoms with E-state index in [9.17, 15) is 0 Å². The lowest BCUT2D eigenvalue weighted by Gasteiger charge is -2.44. The van der Waals surface area contributed by atoms with E-state index in [0.717, 1.165) is 25.7 Å². The maximum atomic E-state index is 5.64. The van der Waals surface area contributed by atoms with Crippen LogP contribution < -0.4 is 5.32 Å². The predicted molar refractivity (Wildman–Crippen MR) is 71.3 cm³/mol. The van der Waals surface area contributed by atoms with Gasteiger partial charge in [-0.2, -0.15) is 0 Å². The molecule has 0 spiro atoms. The fraction of sp³-hybridized carbons (Fsp3) is 1.00. The van der Waals surface area contributed by atoms with E-state index < -0.39 is 0 Å². The summed E-state index contributed by atoms with van der Waals surface area (Å²) < 4.78 is 5.64. The average molecular weight is 240 g/mol. The van der Waals surface area contributed by atoms with Gasteiger partial charge in [-0.05, 0) is 32.1 Å². The Balaban J connectivity index is 1.89. The molecule has 3 nitrogen and oxygen atoms in total. The minimum atomic E-state index is 0.658. The Morgan fingerprint density at radius 2 is 2.24 bits per heavy atom. The second kappa shape index (κ2) is 6.17. The summed E-state index contributed by atoms with van der Waals surface area (Å²) in [5.41, 5.74) is 0. The number of nitrogens with one attached hydrogen (secondary N) is 1. The minimum absolute atomic E-state index is 0.658. The van der Waals surface area contributed by atoms with Crippen molar-refractivity contribution in [2.45, 2.75) is 58.2 Å². The Bertz CT molecular complexity index is 226. The highest BCUT2D eigenvalue weighted by molar-refractivity contribution is 4.89. The fourth-order valence-electron chi connectivity index (χ4n) is 3.17. The van der Waals surface area contributed by atoms with Gasteiger partial charge in [-0.1, -0.05) is 13.8 Å². The molecule has 2 aliphatic rings. The van der Waals surface area contributed by atoms with Crippen LogP contribution in [0.4, 0.5) is 0 Å². The summed E-state index contributed by atoms with van der Waals surface area (Å²) in [7, 11) is 0. The van der Waals surface area contributed by atoms with E-state index in [1.807, 2.05) is 0 Å². The van der Waals surface area contributed by atoms with E-state index >= 15 is 0 Å². The number of ether oxygens (including phenoxy) is 1. The molecule has 3 atom stereocenters. The Morgan fingerprint density at radius 3 is 2.88 bits per heavy atom. The van der Waals surface area contributed by atoms with Crippen LogP contribution in [-0.4, -0.2) is 49.3 Å². The molecule has 0 saturated carbocycles. The molecule has 0 radical (unpaired) electrons. The fourth-order valence-corrected chi connectivity index (χ4v) is 3.17. The first-order valence-corrected chi connectivity index (χ1v) is 7.23. The van der Waals surface area contributed by atoms with Crippen molar-refractivity contribution in [3.63, 3.8) is 0 Å². The van der Waals surface area contributed by atoms with Crippen LogP contribution in [-0.2, 0) is 4.74 Å². The summed E-state index contributed by atoms with van der Waals surface area (Å²) in [6.07, 6.45) is 3.84. The van der Waals surface area contributed by atoms with Gasteiger partial charge in [0.05, 0.1) is 6.61 Å². The summed E-state index contributed by atoms with van der Waals surface area (Å²) in [6.45, 7) is 11.2. The van der Waals surface area contributed by atoms with Gasteiger partial charge in [-0.3, -0.25) is 4.90 Å². The molecule has 0 aromatic carbocycles. The van der Waals surface area contributed by atoms with Crippen molar-refractivity contribution in [1.82, 2.24) is 10.2 Å². The first-order valence-electron chi connectivity index (χ1n) is 7.23. The van der Waals surface area contributed by atoms with Crippen molar-refractivity contribution >= 4 is 0 Å². The van der Waals surface area contributed by atoms with Gasteiger partial charge in [0.15, 0.2) is 0 Å². The molecule has 2 fully saturated rings. The first kappa shape index (κ1) is 13.3. The molecule has 0 amide bonds. The summed E-state index contributed by atoms with van der Waals surface area (Å²) >= 11 is 0. The maximum absolute atomic E-state index is 5.64. The summed E-state index contributed by atoms with van der Waals surface area (Å²) in [5.74, 6) is 0.783. The number of nitrogens with zero attached hydrogens (tertiary/aromatic N) is 1. The minimum Gasteiger partial charge on any atom is -0.380 e. The molecule has 2 aliphatic heterocycles. The summed E-state index contributed by atoms with van der Waals surface area (Å²) in [4.78, 5) is 2.68. The molecule has 3 unspecified atom stereocenters. The highest BCUT2D eigenvalue weighted by atomic mass is 16.5. The van der Waals surface area contributed by atoms with Gasteiger partial charge >= 0.3 is 0 Å². The zero-order chi connectivity index (χ0) is 12.3. The Morgan fingerprint density at radius 1 is 1.41 bits per heavy atom. The number of rotatable bonds is 3. The third kappa shape index (κ3) is 3.67. The van der Waals surface area contributed by atoms with E-state index in [-0.39, 0.29) is 0 Å². The zero-order valence-electron chi connectivity index (χ0n) is 11.6. The second-order valence-corrected chi connectivity index (χ2v) is 6.15. The van der Waals surface area contributed by atoms with Gasteiger partial charge in [-0.25, -0.2) is 0 Å². The monoisotopic (exact) mass is 240 g/mol. The van der Waals surface area contributed by atoms with Gasteiger partial charge in [0.25, 0.3) is 0 Å². The van der Waals surface area contributed by atoms with Gasteiger partial charge in [0.1, 0.15) is 0 Å². The van der Waals surface area contributed by atoms with Gasteiger partial charge in [-0.15, -0.1) is 0 Å². The largest absolute Gasteiger partial charge is 0.380 e. The second-order valence-electron chi connectivity index (χ2n) is 6.15. The maximum Gasteiger partial charge on any atom is 0.0621 e. The molecule has 1 N–H and O–H groups in total. The normalized spacial score (nSPS) is 36.4. The lowest BCUT2D eigenvalue weighted by molar-refractivity contribution is -0.0129. The quantitative estimate of drug-likeness (QED) is 0.815. The number of piperazine rings is 1. The van der Waals surface area contributed by atoms with Crippen molar-refractivity contribution < 1.29 is 4.74 Å². The Kier molecular flexibility index (Phi) is 4.83. The SMILES string of the molecule is CC(C)CC1CN(C2CCCOC2)C(C)CN1. The van der Waals surface area contributed by atoms with E-state index in [0.29, 0.717) is 18.1 Å². The third-order valence-corrected chi connectivity index (χ3v) is 4.06. The smallest absolute Gasteiger partial charge is 0.0621 e. The van der Waals surface area contributed by atoms with Crippen LogP contribution in [0.5, 0.6) is 0 Å². The molecule has 0 aromatic heterocycles. The van der Waals surface area contributed by atoms with Crippen LogP contribution in [0.1, 0.15) is 40.0 Å². The Hall–Kier alpha value is -0.120. The molecule has 0 bridgehead atoms. The first-order chi connectivity index (χ1) is 8.16. The molecule has 17 heavy (non-hydrogen) atoms. The van der Waals surface area contributed by atoms with Crippen LogP contribution in [0.25, 0.3) is 0 Å². The summed E-state index contributed by atoms with van der Waals surface area (Å²) in [6, 6.07) is 1.99. The highest BCUT2D eigenvalue weighted by Crippen LogP contribution is 2.20. The molecule has 3 heteroatoms. The molecule has 2 saturated heterocycles. The van der Waals surface area contributed by atoms with Gasteiger partial charge < -0.3 is 10.1 Å². The average Bonchev–Trinajstić information content (AvgIpc) is 2.32. The third-order valence-electron chi connectivity index (χ3n) is 4.06. The summed E-state index contributed by atoms with van der Waals surface area (Å²) in [5, 5.41) is 3.69. The van der Waals surface area contributed by atoms with E-state index in [1.165, 1.54) is 25.8 Å². The van der Waals surface area contributed by atoms with Crippen LogP contribution in [0.2, 0.25) is 0 Å². The van der Waals surface area contributed by atoms with Crippen molar-refractivity contribution in [3.8, 4) is 0 Å². The van der Waals surface area contributed by atoms with Crippen molar-refractivity contribution in [2.24, 2.45) is 5.92 Å². The molecule has 0 aliphatic carbocycles.